The number of hydrogen-bond acceptors (Lipinski definition) is 2. The van der Waals surface area contributed by atoms with Crippen LogP contribution in [0.2, 0.25) is 0 Å². The van der Waals surface area contributed by atoms with Crippen molar-refractivity contribution in [2.45, 2.75) is 52.9 Å². The monoisotopic (exact) mass is 261 g/mol. The summed E-state index contributed by atoms with van der Waals surface area (Å²) in [7, 11) is 0. The number of aryl methyl sites for hydroxylation is 1. The second kappa shape index (κ2) is 7.44. The molecule has 0 heterocycles. The van der Waals surface area contributed by atoms with E-state index in [1.54, 1.807) is 0 Å². The lowest BCUT2D eigenvalue weighted by atomic mass is 9.83. The highest BCUT2D eigenvalue weighted by Gasteiger charge is 2.18. The molecular formula is C17H27NO. The zero-order valence-corrected chi connectivity index (χ0v) is 12.5. The zero-order chi connectivity index (χ0) is 14.3. The summed E-state index contributed by atoms with van der Waals surface area (Å²) in [6.07, 6.45) is 4.16. The molecule has 19 heavy (non-hydrogen) atoms. The molecule has 0 atom stereocenters. The minimum atomic E-state index is 0.177. The van der Waals surface area contributed by atoms with E-state index in [-0.39, 0.29) is 5.41 Å². The Morgan fingerprint density at radius 3 is 2.21 bits per heavy atom. The minimum absolute atomic E-state index is 0.177. The van der Waals surface area contributed by atoms with Crippen molar-refractivity contribution in [1.82, 2.24) is 0 Å². The Balaban J connectivity index is 2.42. The van der Waals surface area contributed by atoms with Gasteiger partial charge in [-0.15, -0.1) is 0 Å². The van der Waals surface area contributed by atoms with Gasteiger partial charge >= 0.3 is 0 Å². The smallest absolute Gasteiger partial charge is 0.137 e. The minimum Gasteiger partial charge on any atom is -0.330 e. The largest absolute Gasteiger partial charge is 0.330 e. The first-order valence-corrected chi connectivity index (χ1v) is 7.26. The topological polar surface area (TPSA) is 43.1 Å². The highest BCUT2D eigenvalue weighted by Crippen LogP contribution is 2.26. The van der Waals surface area contributed by atoms with Gasteiger partial charge in [-0.25, -0.2) is 0 Å². The van der Waals surface area contributed by atoms with Gasteiger partial charge in [-0.1, -0.05) is 45.0 Å². The van der Waals surface area contributed by atoms with Crippen molar-refractivity contribution in [2.75, 3.05) is 6.54 Å². The Morgan fingerprint density at radius 1 is 1.11 bits per heavy atom. The lowest BCUT2D eigenvalue weighted by Crippen LogP contribution is -2.18. The number of carbonyl (C=O) groups is 1. The van der Waals surface area contributed by atoms with Gasteiger partial charge in [0.25, 0.3) is 0 Å². The molecule has 1 aromatic carbocycles. The first-order valence-electron chi connectivity index (χ1n) is 7.26. The maximum absolute atomic E-state index is 12.0. The molecule has 0 saturated carbocycles. The van der Waals surface area contributed by atoms with Gasteiger partial charge in [0, 0.05) is 12.8 Å². The Morgan fingerprint density at radius 2 is 1.68 bits per heavy atom. The van der Waals surface area contributed by atoms with Crippen molar-refractivity contribution in [1.29, 1.82) is 0 Å². The molecule has 0 aromatic heterocycles. The van der Waals surface area contributed by atoms with Crippen LogP contribution in [-0.2, 0) is 17.6 Å². The first kappa shape index (κ1) is 15.9. The van der Waals surface area contributed by atoms with Crippen LogP contribution >= 0.6 is 0 Å². The van der Waals surface area contributed by atoms with E-state index >= 15 is 0 Å². The number of nitrogens with two attached hydrogens (primary N) is 1. The Hall–Kier alpha value is -1.15. The SMILES string of the molecule is CCc1ccc(CC(=O)CCC(C)(C)CCN)cc1. The highest BCUT2D eigenvalue weighted by atomic mass is 16.1. The molecule has 0 unspecified atom stereocenters. The summed E-state index contributed by atoms with van der Waals surface area (Å²) in [6.45, 7) is 7.20. The molecule has 0 bridgehead atoms. The third kappa shape index (κ3) is 6.02. The summed E-state index contributed by atoms with van der Waals surface area (Å²) in [4.78, 5) is 12.0. The average Bonchev–Trinajstić information content (AvgIpc) is 2.37. The van der Waals surface area contributed by atoms with Gasteiger partial charge in [0.15, 0.2) is 0 Å². The maximum Gasteiger partial charge on any atom is 0.137 e. The van der Waals surface area contributed by atoms with Crippen LogP contribution in [0.15, 0.2) is 24.3 Å². The van der Waals surface area contributed by atoms with Gasteiger partial charge in [-0.3, -0.25) is 4.79 Å². The van der Waals surface area contributed by atoms with Crippen LogP contribution in [0.25, 0.3) is 0 Å². The summed E-state index contributed by atoms with van der Waals surface area (Å²) in [5, 5.41) is 0. The fraction of sp³-hybridized carbons (Fsp3) is 0.588. The molecule has 1 aromatic rings. The number of carbonyl (C=O) groups excluding carboxylic acids is 1. The second-order valence-electron chi connectivity index (χ2n) is 6.09. The van der Waals surface area contributed by atoms with Crippen LogP contribution in [0.1, 0.15) is 51.2 Å². The van der Waals surface area contributed by atoms with E-state index in [1.807, 2.05) is 0 Å². The molecule has 0 aliphatic carbocycles. The predicted molar refractivity (Wildman–Crippen MR) is 81.2 cm³/mol. The lowest BCUT2D eigenvalue weighted by molar-refractivity contribution is -0.119. The third-order valence-electron chi connectivity index (χ3n) is 3.73. The number of ketones is 1. The van der Waals surface area contributed by atoms with Crippen molar-refractivity contribution in [3.63, 3.8) is 0 Å². The van der Waals surface area contributed by atoms with Crippen molar-refractivity contribution in [3.05, 3.63) is 35.4 Å². The van der Waals surface area contributed by atoms with Gasteiger partial charge in [0.2, 0.25) is 0 Å². The van der Waals surface area contributed by atoms with Crippen molar-refractivity contribution in [3.8, 4) is 0 Å². The summed E-state index contributed by atoms with van der Waals surface area (Å²) in [5.41, 5.74) is 8.21. The van der Waals surface area contributed by atoms with E-state index in [4.69, 9.17) is 5.73 Å². The van der Waals surface area contributed by atoms with Crippen LogP contribution in [0, 0.1) is 5.41 Å². The molecule has 0 aliphatic rings. The molecule has 2 nitrogen and oxygen atoms in total. The molecule has 0 amide bonds. The fourth-order valence-corrected chi connectivity index (χ4v) is 2.20. The molecule has 0 aliphatic heterocycles. The van der Waals surface area contributed by atoms with Crippen molar-refractivity contribution >= 4 is 5.78 Å². The zero-order valence-electron chi connectivity index (χ0n) is 12.5. The Kier molecular flexibility index (Phi) is 6.23. The van der Waals surface area contributed by atoms with Crippen LogP contribution < -0.4 is 5.73 Å². The Bertz CT molecular complexity index is 392. The summed E-state index contributed by atoms with van der Waals surface area (Å²) in [5.74, 6) is 0.328. The quantitative estimate of drug-likeness (QED) is 0.778. The molecule has 0 radical (unpaired) electrons. The number of benzene rings is 1. The van der Waals surface area contributed by atoms with E-state index in [1.165, 1.54) is 5.56 Å². The van der Waals surface area contributed by atoms with Gasteiger partial charge in [0.1, 0.15) is 5.78 Å². The average molecular weight is 261 g/mol. The second-order valence-corrected chi connectivity index (χ2v) is 6.09. The van der Waals surface area contributed by atoms with E-state index in [9.17, 15) is 4.79 Å². The van der Waals surface area contributed by atoms with E-state index in [0.717, 1.165) is 24.8 Å². The molecule has 106 valence electrons. The number of Topliss-reactive ketones (excluding diaryl/α,β-unsaturated/α-hetero) is 1. The molecule has 2 N–H and O–H groups in total. The molecule has 0 spiro atoms. The normalized spacial score (nSPS) is 11.6. The molecule has 0 fully saturated rings. The maximum atomic E-state index is 12.0. The van der Waals surface area contributed by atoms with Crippen LogP contribution in [0.3, 0.4) is 0 Å². The van der Waals surface area contributed by atoms with Crippen LogP contribution in [0.5, 0.6) is 0 Å². The lowest BCUT2D eigenvalue weighted by Gasteiger charge is -2.23. The molecule has 1 rings (SSSR count). The first-order chi connectivity index (χ1) is 8.96. The van der Waals surface area contributed by atoms with E-state index in [0.29, 0.717) is 25.2 Å². The number of rotatable bonds is 8. The van der Waals surface area contributed by atoms with Crippen LogP contribution in [0.4, 0.5) is 0 Å². The third-order valence-corrected chi connectivity index (χ3v) is 3.73. The van der Waals surface area contributed by atoms with Crippen molar-refractivity contribution < 1.29 is 4.79 Å². The summed E-state index contributed by atoms with van der Waals surface area (Å²) >= 11 is 0. The van der Waals surface area contributed by atoms with Gasteiger partial charge < -0.3 is 5.73 Å². The highest BCUT2D eigenvalue weighted by molar-refractivity contribution is 5.80. The van der Waals surface area contributed by atoms with Crippen LogP contribution in [-0.4, -0.2) is 12.3 Å². The van der Waals surface area contributed by atoms with E-state index < -0.39 is 0 Å². The number of hydrogen-bond donors (Lipinski definition) is 1. The summed E-state index contributed by atoms with van der Waals surface area (Å²) < 4.78 is 0. The van der Waals surface area contributed by atoms with E-state index in [2.05, 4.69) is 45.0 Å². The Labute approximate surface area is 117 Å². The van der Waals surface area contributed by atoms with Crippen molar-refractivity contribution in [2.24, 2.45) is 11.1 Å². The van der Waals surface area contributed by atoms with Gasteiger partial charge in [-0.05, 0) is 42.3 Å². The predicted octanol–water partition coefficient (Wildman–Crippen LogP) is 3.52. The fourth-order valence-electron chi connectivity index (χ4n) is 2.20. The van der Waals surface area contributed by atoms with Gasteiger partial charge in [0.05, 0.1) is 0 Å². The molecule has 2 heteroatoms. The summed E-state index contributed by atoms with van der Waals surface area (Å²) in [6, 6.07) is 8.37. The molecule has 0 saturated heterocycles. The molecular weight excluding hydrogens is 234 g/mol. The standard InChI is InChI=1S/C17H27NO/c1-4-14-5-7-15(8-6-14)13-16(19)9-10-17(2,3)11-12-18/h5-8H,4,9-13,18H2,1-3H3. The van der Waals surface area contributed by atoms with Gasteiger partial charge in [-0.2, -0.15) is 0 Å².